The highest BCUT2D eigenvalue weighted by atomic mass is 16.4. The SMILES string of the molecule is Cc1ccc(C)c(N2CCC(CCC(=O)O)C2)c1. The van der Waals surface area contributed by atoms with Crippen LogP contribution in [0.25, 0.3) is 0 Å². The first-order valence-electron chi connectivity index (χ1n) is 6.60. The smallest absolute Gasteiger partial charge is 0.303 e. The molecule has 1 aliphatic heterocycles. The highest BCUT2D eigenvalue weighted by Gasteiger charge is 2.23. The second-order valence-corrected chi connectivity index (χ2v) is 5.32. The summed E-state index contributed by atoms with van der Waals surface area (Å²) in [5, 5.41) is 8.72. The average molecular weight is 247 g/mol. The third-order valence-electron chi connectivity index (χ3n) is 3.76. The number of benzene rings is 1. The van der Waals surface area contributed by atoms with Gasteiger partial charge in [-0.25, -0.2) is 0 Å². The highest BCUT2D eigenvalue weighted by molar-refractivity contribution is 5.66. The second kappa shape index (κ2) is 5.42. The maximum absolute atomic E-state index is 10.6. The van der Waals surface area contributed by atoms with Crippen molar-refractivity contribution in [3.8, 4) is 0 Å². The Hall–Kier alpha value is -1.51. The number of anilines is 1. The lowest BCUT2D eigenvalue weighted by Gasteiger charge is -2.21. The van der Waals surface area contributed by atoms with Gasteiger partial charge in [-0.1, -0.05) is 12.1 Å². The topological polar surface area (TPSA) is 40.5 Å². The van der Waals surface area contributed by atoms with Crippen molar-refractivity contribution in [1.29, 1.82) is 0 Å². The number of aryl methyl sites for hydroxylation is 2. The zero-order valence-corrected chi connectivity index (χ0v) is 11.1. The standard InChI is InChI=1S/C15H21NO2/c1-11-3-4-12(2)14(9-11)16-8-7-13(10-16)5-6-15(17)18/h3-4,9,13H,5-8,10H2,1-2H3,(H,17,18). The van der Waals surface area contributed by atoms with Gasteiger partial charge in [0.05, 0.1) is 0 Å². The Morgan fingerprint density at radius 1 is 1.44 bits per heavy atom. The molecule has 1 unspecified atom stereocenters. The zero-order valence-electron chi connectivity index (χ0n) is 11.1. The van der Waals surface area contributed by atoms with Crippen LogP contribution in [0.5, 0.6) is 0 Å². The summed E-state index contributed by atoms with van der Waals surface area (Å²) in [7, 11) is 0. The molecule has 0 amide bonds. The van der Waals surface area contributed by atoms with E-state index in [4.69, 9.17) is 5.11 Å². The Labute approximate surface area is 108 Å². The van der Waals surface area contributed by atoms with Crippen molar-refractivity contribution in [2.24, 2.45) is 5.92 Å². The lowest BCUT2D eigenvalue weighted by molar-refractivity contribution is -0.137. The predicted octanol–water partition coefficient (Wildman–Crippen LogP) is 2.99. The molecule has 3 heteroatoms. The first-order valence-corrected chi connectivity index (χ1v) is 6.60. The molecule has 1 N–H and O–H groups in total. The van der Waals surface area contributed by atoms with Gasteiger partial charge in [-0.3, -0.25) is 4.79 Å². The normalized spacial score (nSPS) is 19.2. The summed E-state index contributed by atoms with van der Waals surface area (Å²) in [5.74, 6) is -0.152. The molecular formula is C15H21NO2. The fraction of sp³-hybridized carbons (Fsp3) is 0.533. The number of nitrogens with zero attached hydrogens (tertiary/aromatic N) is 1. The number of carbonyl (C=O) groups is 1. The summed E-state index contributed by atoms with van der Waals surface area (Å²) in [4.78, 5) is 13.0. The Morgan fingerprint density at radius 3 is 2.94 bits per heavy atom. The van der Waals surface area contributed by atoms with Crippen molar-refractivity contribution in [1.82, 2.24) is 0 Å². The molecule has 0 aromatic heterocycles. The van der Waals surface area contributed by atoms with Crippen LogP contribution >= 0.6 is 0 Å². The minimum Gasteiger partial charge on any atom is -0.481 e. The van der Waals surface area contributed by atoms with E-state index >= 15 is 0 Å². The number of carboxylic acids is 1. The molecule has 1 heterocycles. The van der Waals surface area contributed by atoms with Crippen LogP contribution in [-0.4, -0.2) is 24.2 Å². The molecule has 1 atom stereocenters. The quantitative estimate of drug-likeness (QED) is 0.889. The van der Waals surface area contributed by atoms with Gasteiger partial charge in [0.25, 0.3) is 0 Å². The molecule has 0 bridgehead atoms. The lowest BCUT2D eigenvalue weighted by atomic mass is 10.0. The molecule has 1 aliphatic rings. The third kappa shape index (κ3) is 3.03. The Morgan fingerprint density at radius 2 is 2.22 bits per heavy atom. The summed E-state index contributed by atoms with van der Waals surface area (Å²) >= 11 is 0. The molecule has 98 valence electrons. The Kier molecular flexibility index (Phi) is 3.90. The molecule has 18 heavy (non-hydrogen) atoms. The van der Waals surface area contributed by atoms with Crippen molar-refractivity contribution in [2.45, 2.75) is 33.1 Å². The molecular weight excluding hydrogens is 226 g/mol. The number of hydrogen-bond donors (Lipinski definition) is 1. The van der Waals surface area contributed by atoms with Crippen molar-refractivity contribution in [2.75, 3.05) is 18.0 Å². The van der Waals surface area contributed by atoms with Gasteiger partial charge in [0, 0.05) is 25.2 Å². The van der Waals surface area contributed by atoms with Gasteiger partial charge in [-0.2, -0.15) is 0 Å². The molecule has 3 nitrogen and oxygen atoms in total. The summed E-state index contributed by atoms with van der Waals surface area (Å²) in [6.45, 7) is 6.30. The number of rotatable bonds is 4. The van der Waals surface area contributed by atoms with E-state index < -0.39 is 5.97 Å². The van der Waals surface area contributed by atoms with E-state index in [1.54, 1.807) is 0 Å². The van der Waals surface area contributed by atoms with Gasteiger partial charge < -0.3 is 10.0 Å². The third-order valence-corrected chi connectivity index (χ3v) is 3.76. The van der Waals surface area contributed by atoms with Gasteiger partial charge in [-0.15, -0.1) is 0 Å². The maximum atomic E-state index is 10.6. The molecule has 1 saturated heterocycles. The van der Waals surface area contributed by atoms with E-state index in [-0.39, 0.29) is 0 Å². The van der Waals surface area contributed by atoms with Crippen LogP contribution < -0.4 is 4.90 Å². The lowest BCUT2D eigenvalue weighted by Crippen LogP contribution is -2.20. The van der Waals surface area contributed by atoms with Gasteiger partial charge in [0.1, 0.15) is 0 Å². The van der Waals surface area contributed by atoms with E-state index in [9.17, 15) is 4.79 Å². The number of carboxylic acid groups (broad SMARTS) is 1. The monoisotopic (exact) mass is 247 g/mol. The largest absolute Gasteiger partial charge is 0.481 e. The minimum atomic E-state index is -0.680. The van der Waals surface area contributed by atoms with Crippen molar-refractivity contribution >= 4 is 11.7 Å². The van der Waals surface area contributed by atoms with Crippen LogP contribution in [0.1, 0.15) is 30.4 Å². The summed E-state index contributed by atoms with van der Waals surface area (Å²) in [5.41, 5.74) is 3.90. The van der Waals surface area contributed by atoms with E-state index in [1.165, 1.54) is 16.8 Å². The van der Waals surface area contributed by atoms with Gasteiger partial charge >= 0.3 is 5.97 Å². The summed E-state index contributed by atoms with van der Waals surface area (Å²) in [6, 6.07) is 6.53. The van der Waals surface area contributed by atoms with Gasteiger partial charge in [0.15, 0.2) is 0 Å². The van der Waals surface area contributed by atoms with Crippen molar-refractivity contribution < 1.29 is 9.90 Å². The summed E-state index contributed by atoms with van der Waals surface area (Å²) in [6.07, 6.45) is 2.21. The molecule has 1 aromatic rings. The predicted molar refractivity (Wildman–Crippen MR) is 73.1 cm³/mol. The molecule has 0 aliphatic carbocycles. The van der Waals surface area contributed by atoms with Gasteiger partial charge in [0.2, 0.25) is 0 Å². The zero-order chi connectivity index (χ0) is 13.1. The van der Waals surface area contributed by atoms with Crippen LogP contribution in [-0.2, 0) is 4.79 Å². The maximum Gasteiger partial charge on any atom is 0.303 e. The van der Waals surface area contributed by atoms with Crippen LogP contribution in [0.3, 0.4) is 0 Å². The molecule has 2 rings (SSSR count). The van der Waals surface area contributed by atoms with Crippen molar-refractivity contribution in [3.63, 3.8) is 0 Å². The first kappa shape index (κ1) is 12.9. The Bertz CT molecular complexity index is 442. The van der Waals surface area contributed by atoms with E-state index in [0.717, 1.165) is 25.9 Å². The molecule has 0 saturated carbocycles. The minimum absolute atomic E-state index is 0.297. The summed E-state index contributed by atoms with van der Waals surface area (Å²) < 4.78 is 0. The van der Waals surface area contributed by atoms with E-state index in [0.29, 0.717) is 12.3 Å². The molecule has 1 aromatic carbocycles. The highest BCUT2D eigenvalue weighted by Crippen LogP contribution is 2.29. The molecule has 0 spiro atoms. The molecule has 0 radical (unpaired) electrons. The average Bonchev–Trinajstić information content (AvgIpc) is 2.78. The second-order valence-electron chi connectivity index (χ2n) is 5.32. The van der Waals surface area contributed by atoms with Crippen LogP contribution in [0.4, 0.5) is 5.69 Å². The molecule has 1 fully saturated rings. The van der Waals surface area contributed by atoms with Crippen LogP contribution in [0.15, 0.2) is 18.2 Å². The van der Waals surface area contributed by atoms with Crippen LogP contribution in [0.2, 0.25) is 0 Å². The van der Waals surface area contributed by atoms with Gasteiger partial charge in [-0.05, 0) is 49.8 Å². The van der Waals surface area contributed by atoms with Crippen LogP contribution in [0, 0.1) is 19.8 Å². The van der Waals surface area contributed by atoms with E-state index in [1.807, 2.05) is 0 Å². The first-order chi connectivity index (χ1) is 8.56. The van der Waals surface area contributed by atoms with Crippen molar-refractivity contribution in [3.05, 3.63) is 29.3 Å². The fourth-order valence-corrected chi connectivity index (χ4v) is 2.67. The number of aliphatic carboxylic acids is 1. The van der Waals surface area contributed by atoms with E-state index in [2.05, 4.69) is 36.9 Å². The Balaban J connectivity index is 1.99. The number of hydrogen-bond acceptors (Lipinski definition) is 2. The fourth-order valence-electron chi connectivity index (χ4n) is 2.67.